The summed E-state index contributed by atoms with van der Waals surface area (Å²) < 4.78 is 8.44. The van der Waals surface area contributed by atoms with Crippen LogP contribution in [-0.4, -0.2) is 86.9 Å². The van der Waals surface area contributed by atoms with E-state index in [2.05, 4.69) is 26.6 Å². The minimum atomic E-state index is -0.304. The van der Waals surface area contributed by atoms with Crippen LogP contribution in [0, 0.1) is 6.92 Å². The number of anilines is 1. The van der Waals surface area contributed by atoms with Crippen molar-refractivity contribution in [3.63, 3.8) is 0 Å². The molecule has 5 heterocycles. The molecule has 1 unspecified atom stereocenters. The number of carbonyl (C=O) groups is 1. The number of aromatic nitrogens is 4. The molecule has 7 rings (SSSR count). The number of hydrogen-bond acceptors (Lipinski definition) is 7. The van der Waals surface area contributed by atoms with Crippen molar-refractivity contribution in [2.75, 3.05) is 44.2 Å². The number of fused-ring (bicyclic) bond motifs is 1. The SMILES string of the molecule is C=CC(=O)N1C[C@H](C)N(c2nc(=O)n3c4c(c(-c5c(C)ccc6cn[nH]c56)c(Cl)cc24)OCC3CN2CCC2)C[C@H]1C. The number of likely N-dealkylation sites (tertiary alicyclic amines) is 1. The lowest BCUT2D eigenvalue weighted by atomic mass is 9.94. The number of nitrogens with zero attached hydrogens (tertiary/aromatic N) is 6. The Hall–Kier alpha value is -3.89. The Balaban J connectivity index is 1.47. The van der Waals surface area contributed by atoms with Gasteiger partial charge in [-0.15, -0.1) is 0 Å². The predicted octanol–water partition coefficient (Wildman–Crippen LogP) is 4.15. The van der Waals surface area contributed by atoms with Crippen molar-refractivity contribution in [2.45, 2.75) is 45.3 Å². The number of hydrogen-bond donors (Lipinski definition) is 1. The number of aromatic amines is 1. The van der Waals surface area contributed by atoms with Gasteiger partial charge in [0, 0.05) is 53.6 Å². The average Bonchev–Trinajstić information content (AvgIpc) is 3.43. The van der Waals surface area contributed by atoms with Gasteiger partial charge in [0.2, 0.25) is 5.91 Å². The zero-order chi connectivity index (χ0) is 29.3. The van der Waals surface area contributed by atoms with E-state index in [9.17, 15) is 9.59 Å². The van der Waals surface area contributed by atoms with E-state index < -0.39 is 0 Å². The summed E-state index contributed by atoms with van der Waals surface area (Å²) in [5.74, 6) is 1.05. The molecule has 3 atom stereocenters. The van der Waals surface area contributed by atoms with E-state index in [1.165, 1.54) is 6.08 Å². The van der Waals surface area contributed by atoms with E-state index in [-0.39, 0.29) is 29.7 Å². The first kappa shape index (κ1) is 27.0. The second kappa shape index (κ2) is 10.1. The number of benzene rings is 2. The van der Waals surface area contributed by atoms with Crippen molar-refractivity contribution >= 4 is 45.1 Å². The molecule has 11 heteroatoms. The normalized spacial score (nSPS) is 22.3. The number of nitrogens with one attached hydrogen (secondary N) is 1. The molecule has 2 aromatic heterocycles. The van der Waals surface area contributed by atoms with E-state index in [1.54, 1.807) is 6.20 Å². The zero-order valence-electron chi connectivity index (χ0n) is 24.1. The molecule has 0 spiro atoms. The summed E-state index contributed by atoms with van der Waals surface area (Å²) in [7, 11) is 0. The lowest BCUT2D eigenvalue weighted by Crippen LogP contribution is -2.58. The van der Waals surface area contributed by atoms with Gasteiger partial charge in [-0.2, -0.15) is 10.1 Å². The van der Waals surface area contributed by atoms with Crippen LogP contribution in [0.1, 0.15) is 31.9 Å². The summed E-state index contributed by atoms with van der Waals surface area (Å²) in [5, 5.41) is 9.66. The van der Waals surface area contributed by atoms with Crippen LogP contribution in [0.25, 0.3) is 32.9 Å². The molecular formula is C31H34ClN7O3. The van der Waals surface area contributed by atoms with Crippen LogP contribution in [0.2, 0.25) is 5.02 Å². The lowest BCUT2D eigenvalue weighted by molar-refractivity contribution is -0.128. The fraction of sp³-hybridized carbons (Fsp3) is 0.419. The van der Waals surface area contributed by atoms with Crippen molar-refractivity contribution in [2.24, 2.45) is 0 Å². The van der Waals surface area contributed by atoms with Crippen molar-refractivity contribution < 1.29 is 9.53 Å². The molecule has 218 valence electrons. The molecule has 10 nitrogen and oxygen atoms in total. The van der Waals surface area contributed by atoms with E-state index >= 15 is 0 Å². The predicted molar refractivity (Wildman–Crippen MR) is 165 cm³/mol. The molecule has 3 aliphatic rings. The van der Waals surface area contributed by atoms with E-state index in [0.29, 0.717) is 41.8 Å². The van der Waals surface area contributed by atoms with Gasteiger partial charge in [-0.25, -0.2) is 4.79 Å². The molecule has 3 aliphatic heterocycles. The first-order valence-corrected chi connectivity index (χ1v) is 14.9. The monoisotopic (exact) mass is 587 g/mol. The van der Waals surface area contributed by atoms with Gasteiger partial charge in [0.25, 0.3) is 0 Å². The van der Waals surface area contributed by atoms with E-state index in [1.807, 2.05) is 48.4 Å². The molecule has 1 N–H and O–H groups in total. The fourth-order valence-electron chi connectivity index (χ4n) is 6.79. The highest BCUT2D eigenvalue weighted by atomic mass is 35.5. The number of aryl methyl sites for hydroxylation is 1. The summed E-state index contributed by atoms with van der Waals surface area (Å²) in [5.41, 5.74) is 3.94. The maximum Gasteiger partial charge on any atom is 0.350 e. The van der Waals surface area contributed by atoms with Crippen LogP contribution in [0.4, 0.5) is 5.82 Å². The molecule has 0 aliphatic carbocycles. The number of ether oxygens (including phenoxy) is 1. The summed E-state index contributed by atoms with van der Waals surface area (Å²) >= 11 is 7.17. The fourth-order valence-corrected chi connectivity index (χ4v) is 7.08. The van der Waals surface area contributed by atoms with Gasteiger partial charge in [0.1, 0.15) is 12.4 Å². The lowest BCUT2D eigenvalue weighted by Gasteiger charge is -2.45. The Kier molecular flexibility index (Phi) is 6.51. The molecule has 2 aromatic carbocycles. The number of H-pyrrole nitrogens is 1. The smallest absolute Gasteiger partial charge is 0.350 e. The Bertz CT molecular complexity index is 1810. The third-order valence-electron chi connectivity index (χ3n) is 9.09. The van der Waals surface area contributed by atoms with Crippen LogP contribution in [0.5, 0.6) is 5.75 Å². The van der Waals surface area contributed by atoms with Crippen LogP contribution in [-0.2, 0) is 4.79 Å². The van der Waals surface area contributed by atoms with Crippen molar-refractivity contribution in [3.8, 4) is 16.9 Å². The largest absolute Gasteiger partial charge is 0.488 e. The Morgan fingerprint density at radius 3 is 2.76 bits per heavy atom. The highest BCUT2D eigenvalue weighted by Crippen LogP contribution is 2.49. The maximum absolute atomic E-state index is 14.0. The average molecular weight is 588 g/mol. The third-order valence-corrected chi connectivity index (χ3v) is 9.39. The van der Waals surface area contributed by atoms with Gasteiger partial charge in [0.15, 0.2) is 5.75 Å². The summed E-state index contributed by atoms with van der Waals surface area (Å²) in [6.45, 7) is 13.9. The number of halogens is 1. The number of rotatable bonds is 5. The van der Waals surface area contributed by atoms with Gasteiger partial charge < -0.3 is 19.4 Å². The van der Waals surface area contributed by atoms with E-state index in [0.717, 1.165) is 59.0 Å². The summed E-state index contributed by atoms with van der Waals surface area (Å²) in [6.07, 6.45) is 4.31. The molecule has 0 saturated carbocycles. The third kappa shape index (κ3) is 4.11. The summed E-state index contributed by atoms with van der Waals surface area (Å²) in [4.78, 5) is 37.5. The van der Waals surface area contributed by atoms with Gasteiger partial charge in [-0.1, -0.05) is 30.3 Å². The van der Waals surface area contributed by atoms with Crippen molar-refractivity contribution in [1.82, 2.24) is 29.5 Å². The standard InChI is InChI=1S/C31H34ClN7O3/c1-5-24(40)37-13-19(4)38(14-18(37)3)30-22-11-23(32)26(25-17(2)7-8-20-12-33-35-27(20)25)29-28(22)39(31(41)34-30)21(16-42-29)15-36-9-6-10-36/h5,7-8,11-12,18-19,21H,1,6,9-10,13-16H2,2-4H3,(H,33,35)/t18-,19+,21?/m1/s1. The molecule has 2 fully saturated rings. The number of carbonyl (C=O) groups excluding carboxylic acids is 1. The minimum absolute atomic E-state index is 0.0836. The van der Waals surface area contributed by atoms with Gasteiger partial charge in [-0.3, -0.25) is 14.5 Å². The molecule has 2 saturated heterocycles. The Morgan fingerprint density at radius 2 is 2.02 bits per heavy atom. The Labute approximate surface area is 248 Å². The van der Waals surface area contributed by atoms with Crippen molar-refractivity contribution in [3.05, 3.63) is 58.1 Å². The van der Waals surface area contributed by atoms with Crippen LogP contribution in [0.3, 0.4) is 0 Å². The second-order valence-corrected chi connectivity index (χ2v) is 12.2. The first-order valence-electron chi connectivity index (χ1n) is 14.5. The number of amides is 1. The van der Waals surface area contributed by atoms with Gasteiger partial charge in [-0.05, 0) is 58.0 Å². The molecular weight excluding hydrogens is 554 g/mol. The molecule has 0 bridgehead atoms. The first-order chi connectivity index (χ1) is 20.3. The van der Waals surface area contributed by atoms with Crippen molar-refractivity contribution in [1.29, 1.82) is 0 Å². The van der Waals surface area contributed by atoms with E-state index in [4.69, 9.17) is 21.3 Å². The molecule has 4 aromatic rings. The molecule has 0 radical (unpaired) electrons. The molecule has 1 amide bonds. The minimum Gasteiger partial charge on any atom is -0.488 e. The van der Waals surface area contributed by atoms with Gasteiger partial charge in [0.05, 0.1) is 28.3 Å². The van der Waals surface area contributed by atoms with Gasteiger partial charge >= 0.3 is 5.69 Å². The highest BCUT2D eigenvalue weighted by molar-refractivity contribution is 6.35. The topological polar surface area (TPSA) is 99.6 Å². The Morgan fingerprint density at radius 1 is 1.21 bits per heavy atom. The van der Waals surface area contributed by atoms with Crippen LogP contribution in [0.15, 0.2) is 41.8 Å². The maximum atomic E-state index is 14.0. The highest BCUT2D eigenvalue weighted by Gasteiger charge is 2.37. The second-order valence-electron chi connectivity index (χ2n) is 11.8. The van der Waals surface area contributed by atoms with Crippen LogP contribution >= 0.6 is 11.6 Å². The zero-order valence-corrected chi connectivity index (χ0v) is 24.8. The van der Waals surface area contributed by atoms with Crippen LogP contribution < -0.4 is 15.3 Å². The summed E-state index contributed by atoms with van der Waals surface area (Å²) in [6, 6.07) is 5.65. The molecule has 42 heavy (non-hydrogen) atoms. The quantitative estimate of drug-likeness (QED) is 0.350. The number of piperazine rings is 1.